The van der Waals surface area contributed by atoms with Gasteiger partial charge in [0.05, 0.1) is 24.6 Å². The van der Waals surface area contributed by atoms with Crippen LogP contribution in [0.15, 0.2) is 69.0 Å². The predicted molar refractivity (Wildman–Crippen MR) is 136 cm³/mol. The van der Waals surface area contributed by atoms with Gasteiger partial charge in [0.15, 0.2) is 5.49 Å². The first-order valence-corrected chi connectivity index (χ1v) is 12.4. The lowest BCUT2D eigenvalue weighted by Crippen LogP contribution is -2.35. The lowest BCUT2D eigenvalue weighted by atomic mass is 10.1. The Bertz CT molecular complexity index is 1600. The van der Waals surface area contributed by atoms with E-state index in [-0.39, 0.29) is 41.3 Å². The van der Waals surface area contributed by atoms with Crippen molar-refractivity contribution in [1.29, 1.82) is 0 Å². The first-order chi connectivity index (χ1) is 17.5. The molecule has 3 aromatic heterocycles. The van der Waals surface area contributed by atoms with Crippen LogP contribution >= 0.6 is 15.9 Å². The van der Waals surface area contributed by atoms with E-state index in [9.17, 15) is 14.4 Å². The maximum Gasteiger partial charge on any atom is 0.341 e. The van der Waals surface area contributed by atoms with E-state index in [1.54, 1.807) is 60.2 Å². The Morgan fingerprint density at radius 2 is 2.03 bits per heavy atom. The number of fused-ring (bicyclic) bond motifs is 2. The zero-order chi connectivity index (χ0) is 25.2. The van der Waals surface area contributed by atoms with Crippen LogP contribution in [-0.2, 0) is 16.0 Å². The van der Waals surface area contributed by atoms with Crippen LogP contribution in [0.2, 0.25) is 0 Å². The number of hydrogen-bond acceptors (Lipinski definition) is 6. The molecule has 184 valence electrons. The van der Waals surface area contributed by atoms with Gasteiger partial charge >= 0.3 is 5.97 Å². The van der Waals surface area contributed by atoms with Gasteiger partial charge in [-0.05, 0) is 62.2 Å². The van der Waals surface area contributed by atoms with E-state index < -0.39 is 11.9 Å². The van der Waals surface area contributed by atoms with Gasteiger partial charge in [-0.1, -0.05) is 22.0 Å². The smallest absolute Gasteiger partial charge is 0.341 e. The number of esters is 1. The SMILES string of the molecule is CCOC(=O)c1cc2c(=O)n3ccccc3nc2n(CC2CCCO2)c1=NC(=O)c1ccc(Br)cc1. The number of pyridine rings is 2. The molecule has 1 aromatic carbocycles. The molecule has 1 unspecified atom stereocenters. The molecule has 0 aliphatic carbocycles. The van der Waals surface area contributed by atoms with Crippen LogP contribution in [-0.4, -0.2) is 45.1 Å². The Hall–Kier alpha value is -3.63. The number of rotatable bonds is 5. The molecule has 0 N–H and O–H groups in total. The summed E-state index contributed by atoms with van der Waals surface area (Å²) in [6.45, 7) is 2.69. The van der Waals surface area contributed by atoms with E-state index in [0.29, 0.717) is 23.5 Å². The summed E-state index contributed by atoms with van der Waals surface area (Å²) in [6, 6.07) is 13.4. The average molecular weight is 551 g/mol. The molecule has 0 radical (unpaired) electrons. The first kappa shape index (κ1) is 24.1. The Kier molecular flexibility index (Phi) is 6.80. The van der Waals surface area contributed by atoms with Crippen molar-refractivity contribution in [3.8, 4) is 0 Å². The molecule has 0 bridgehead atoms. The number of hydrogen-bond donors (Lipinski definition) is 0. The summed E-state index contributed by atoms with van der Waals surface area (Å²) in [7, 11) is 0. The van der Waals surface area contributed by atoms with Crippen molar-refractivity contribution >= 4 is 44.5 Å². The minimum atomic E-state index is -0.680. The number of nitrogens with zero attached hydrogens (tertiary/aromatic N) is 4. The highest BCUT2D eigenvalue weighted by molar-refractivity contribution is 9.10. The fraction of sp³-hybridized carbons (Fsp3) is 0.269. The molecule has 1 fully saturated rings. The molecular weight excluding hydrogens is 528 g/mol. The van der Waals surface area contributed by atoms with Crippen LogP contribution in [0, 0.1) is 0 Å². The third-order valence-electron chi connectivity index (χ3n) is 5.99. The zero-order valence-electron chi connectivity index (χ0n) is 19.5. The molecule has 5 rings (SSSR count). The number of ether oxygens (including phenoxy) is 2. The lowest BCUT2D eigenvalue weighted by molar-refractivity contribution is 0.0521. The van der Waals surface area contributed by atoms with Gasteiger partial charge in [-0.25, -0.2) is 9.78 Å². The van der Waals surface area contributed by atoms with E-state index in [0.717, 1.165) is 17.3 Å². The van der Waals surface area contributed by atoms with Gasteiger partial charge in [0, 0.05) is 22.8 Å². The quantitative estimate of drug-likeness (QED) is 0.278. The second-order valence-electron chi connectivity index (χ2n) is 8.35. The Balaban J connectivity index is 1.85. The highest BCUT2D eigenvalue weighted by atomic mass is 79.9. The molecule has 36 heavy (non-hydrogen) atoms. The van der Waals surface area contributed by atoms with Crippen LogP contribution in [0.1, 0.15) is 40.5 Å². The van der Waals surface area contributed by atoms with Crippen molar-refractivity contribution in [3.05, 3.63) is 86.2 Å². The Morgan fingerprint density at radius 3 is 2.75 bits per heavy atom. The molecular formula is C26H23BrN4O5. The van der Waals surface area contributed by atoms with Gasteiger partial charge in [-0.2, -0.15) is 4.99 Å². The normalized spacial score (nSPS) is 16.1. The zero-order valence-corrected chi connectivity index (χ0v) is 21.1. The van der Waals surface area contributed by atoms with Gasteiger partial charge in [-0.3, -0.25) is 14.0 Å². The molecule has 1 aliphatic heterocycles. The summed E-state index contributed by atoms with van der Waals surface area (Å²) in [5.41, 5.74) is 0.859. The van der Waals surface area contributed by atoms with Gasteiger partial charge in [0.2, 0.25) is 0 Å². The minimum Gasteiger partial charge on any atom is -0.462 e. The van der Waals surface area contributed by atoms with Crippen LogP contribution in [0.3, 0.4) is 0 Å². The van der Waals surface area contributed by atoms with Gasteiger partial charge in [0.1, 0.15) is 16.9 Å². The number of benzene rings is 1. The Morgan fingerprint density at radius 1 is 1.22 bits per heavy atom. The highest BCUT2D eigenvalue weighted by Crippen LogP contribution is 2.18. The fourth-order valence-electron chi connectivity index (χ4n) is 4.28. The van der Waals surface area contributed by atoms with Crippen molar-refractivity contribution < 1.29 is 19.1 Å². The summed E-state index contributed by atoms with van der Waals surface area (Å²) in [5.74, 6) is -1.22. The molecule has 4 heterocycles. The van der Waals surface area contributed by atoms with Crippen molar-refractivity contribution in [2.24, 2.45) is 4.99 Å². The maximum atomic E-state index is 13.4. The molecule has 4 aromatic rings. The van der Waals surface area contributed by atoms with E-state index in [4.69, 9.17) is 14.5 Å². The molecule has 0 spiro atoms. The number of halogens is 1. The van der Waals surface area contributed by atoms with Gasteiger partial charge in [0.25, 0.3) is 11.5 Å². The predicted octanol–water partition coefficient (Wildman–Crippen LogP) is 3.51. The summed E-state index contributed by atoms with van der Waals surface area (Å²) in [6.07, 6.45) is 3.13. The summed E-state index contributed by atoms with van der Waals surface area (Å²) in [5, 5.41) is 0.217. The standard InChI is InChI=1S/C26H23BrN4O5/c1-2-35-26(34)20-14-19-22(28-21-7-3-4-12-30(21)25(19)33)31(15-18-6-5-13-36-18)23(20)29-24(32)16-8-10-17(27)11-9-16/h3-4,7-12,14,18H,2,5-6,13,15H2,1H3. The molecule has 1 saturated heterocycles. The second kappa shape index (κ2) is 10.2. The van der Waals surface area contributed by atoms with Crippen LogP contribution in [0.5, 0.6) is 0 Å². The van der Waals surface area contributed by atoms with Gasteiger partial charge < -0.3 is 14.0 Å². The first-order valence-electron chi connectivity index (χ1n) is 11.6. The van der Waals surface area contributed by atoms with E-state index in [1.165, 1.54) is 10.5 Å². The van der Waals surface area contributed by atoms with Crippen molar-refractivity contribution in [1.82, 2.24) is 14.0 Å². The van der Waals surface area contributed by atoms with Gasteiger partial charge in [-0.15, -0.1) is 0 Å². The molecule has 9 nitrogen and oxygen atoms in total. The van der Waals surface area contributed by atoms with Crippen molar-refractivity contribution in [3.63, 3.8) is 0 Å². The fourth-order valence-corrected chi connectivity index (χ4v) is 4.54. The van der Waals surface area contributed by atoms with Crippen molar-refractivity contribution in [2.45, 2.75) is 32.4 Å². The van der Waals surface area contributed by atoms with Crippen molar-refractivity contribution in [2.75, 3.05) is 13.2 Å². The molecule has 1 amide bonds. The summed E-state index contributed by atoms with van der Waals surface area (Å²) < 4.78 is 15.0. The minimum absolute atomic E-state index is 0.0163. The lowest BCUT2D eigenvalue weighted by Gasteiger charge is -2.18. The third kappa shape index (κ3) is 4.61. The monoisotopic (exact) mass is 550 g/mol. The second-order valence-corrected chi connectivity index (χ2v) is 9.27. The Labute approximate surface area is 214 Å². The van der Waals surface area contributed by atoms with Crippen LogP contribution in [0.4, 0.5) is 0 Å². The molecule has 10 heteroatoms. The van der Waals surface area contributed by atoms with E-state index >= 15 is 0 Å². The third-order valence-corrected chi connectivity index (χ3v) is 6.52. The molecule has 1 aliphatic rings. The average Bonchev–Trinajstić information content (AvgIpc) is 3.39. The largest absolute Gasteiger partial charge is 0.462 e. The topological polar surface area (TPSA) is 104 Å². The summed E-state index contributed by atoms with van der Waals surface area (Å²) in [4.78, 5) is 48.8. The molecule has 0 saturated carbocycles. The number of aromatic nitrogens is 3. The van der Waals surface area contributed by atoms with Crippen LogP contribution < -0.4 is 11.0 Å². The number of amides is 1. The van der Waals surface area contributed by atoms with E-state index in [2.05, 4.69) is 20.9 Å². The molecule has 1 atom stereocenters. The van der Waals surface area contributed by atoms with Crippen LogP contribution in [0.25, 0.3) is 16.7 Å². The highest BCUT2D eigenvalue weighted by Gasteiger charge is 2.24. The maximum absolute atomic E-state index is 13.4. The summed E-state index contributed by atoms with van der Waals surface area (Å²) >= 11 is 3.36. The number of carbonyl (C=O) groups is 2. The number of carbonyl (C=O) groups excluding carboxylic acids is 2. The van der Waals surface area contributed by atoms with E-state index in [1.807, 2.05) is 0 Å².